The van der Waals surface area contributed by atoms with Crippen LogP contribution in [0.2, 0.25) is 10.0 Å². The van der Waals surface area contributed by atoms with E-state index in [1.165, 1.54) is 48.1 Å². The Bertz CT molecular complexity index is 1730. The first kappa shape index (κ1) is 37.3. The number of rotatable bonds is 12. The number of halogens is 2. The van der Waals surface area contributed by atoms with Crippen molar-refractivity contribution in [2.45, 2.75) is 108 Å². The topological polar surface area (TPSA) is 83.9 Å². The number of nitrogens with zero attached hydrogens (tertiary/aromatic N) is 2. The van der Waals surface area contributed by atoms with E-state index in [4.69, 9.17) is 32.7 Å². The first-order valence-electron chi connectivity index (χ1n) is 19.6. The molecule has 52 heavy (non-hydrogen) atoms. The van der Waals surface area contributed by atoms with Gasteiger partial charge in [0.25, 0.3) is 0 Å². The van der Waals surface area contributed by atoms with Crippen molar-refractivity contribution in [1.29, 1.82) is 0 Å². The van der Waals surface area contributed by atoms with Gasteiger partial charge in [0.15, 0.2) is 0 Å². The maximum absolute atomic E-state index is 13.0. The second kappa shape index (κ2) is 15.8. The number of hydrogen-bond acceptors (Lipinski definition) is 6. The highest BCUT2D eigenvalue weighted by molar-refractivity contribution is 6.32. The summed E-state index contributed by atoms with van der Waals surface area (Å²) in [6.45, 7) is 8.16. The number of ether oxygens (including phenoxy) is 2. The Balaban J connectivity index is 1.12. The number of fused-ring (bicyclic) bond motifs is 3. The number of carbonyl (C=O) groups is 1. The quantitative estimate of drug-likeness (QED) is 0.191. The third kappa shape index (κ3) is 7.79. The molecule has 3 aromatic rings. The Labute approximate surface area is 319 Å². The largest absolute Gasteiger partial charge is 0.493 e. The van der Waals surface area contributed by atoms with E-state index in [9.17, 15) is 9.90 Å². The van der Waals surface area contributed by atoms with Crippen molar-refractivity contribution in [3.63, 3.8) is 0 Å². The van der Waals surface area contributed by atoms with E-state index in [1.54, 1.807) is 0 Å². The molecule has 1 spiro atoms. The Kier molecular flexibility index (Phi) is 11.3. The molecule has 2 N–H and O–H groups in total. The Morgan fingerprint density at radius 3 is 2.60 bits per heavy atom. The van der Waals surface area contributed by atoms with Crippen molar-refractivity contribution < 1.29 is 19.4 Å². The number of likely N-dealkylation sites (tertiary alicyclic amines) is 1. The molecule has 3 atom stereocenters. The van der Waals surface area contributed by atoms with Crippen molar-refractivity contribution in [2.24, 2.45) is 17.8 Å². The van der Waals surface area contributed by atoms with Gasteiger partial charge in [0.05, 0.1) is 18.2 Å². The maximum Gasteiger partial charge on any atom is 0.329 e. The highest BCUT2D eigenvalue weighted by Crippen LogP contribution is 2.57. The van der Waals surface area contributed by atoms with Crippen molar-refractivity contribution >= 4 is 34.9 Å². The molecule has 2 heterocycles. The molecule has 7 rings (SSSR count). The van der Waals surface area contributed by atoms with Crippen LogP contribution in [0.1, 0.15) is 106 Å². The standard InChI is InChI=1S/C43H55Cl2N3O4/c1-28(27-52-38-10-18-46-37-9-4-6-29(2)40(37)38)22-32-23-31-24-36(45)39(51-21-13-30-11-19-48(3)20-12-30)26-35(31)42(32)14-16-43(17-15-42,41(49)50)47-34-8-5-7-33(44)25-34/h5,7-8,10,18,24-26,28-30,32,47H,4,6,9,11-17,19-23,27H2,1-3H3,(H,49,50)/t28-,29-,32+,42?,43?/m1/s1. The maximum atomic E-state index is 13.0. The number of aliphatic carboxylic acids is 1. The van der Waals surface area contributed by atoms with Crippen LogP contribution in [0.4, 0.5) is 5.69 Å². The van der Waals surface area contributed by atoms with Crippen molar-refractivity contribution in [2.75, 3.05) is 38.7 Å². The molecule has 4 aliphatic rings. The van der Waals surface area contributed by atoms with Gasteiger partial charge >= 0.3 is 5.97 Å². The molecule has 1 saturated heterocycles. The zero-order valence-corrected chi connectivity index (χ0v) is 32.6. The van der Waals surface area contributed by atoms with E-state index in [1.807, 2.05) is 36.5 Å². The monoisotopic (exact) mass is 747 g/mol. The molecular weight excluding hydrogens is 693 g/mol. The molecule has 3 aliphatic carbocycles. The van der Waals surface area contributed by atoms with Crippen LogP contribution in [0.3, 0.4) is 0 Å². The lowest BCUT2D eigenvalue weighted by molar-refractivity contribution is -0.144. The van der Waals surface area contributed by atoms with Gasteiger partial charge in [0.2, 0.25) is 0 Å². The minimum atomic E-state index is -1.07. The predicted octanol–water partition coefficient (Wildman–Crippen LogP) is 9.96. The van der Waals surface area contributed by atoms with Gasteiger partial charge in [-0.15, -0.1) is 0 Å². The average Bonchev–Trinajstić information content (AvgIpc) is 3.39. The molecule has 9 heteroatoms. The minimum Gasteiger partial charge on any atom is -0.493 e. The summed E-state index contributed by atoms with van der Waals surface area (Å²) in [5.74, 6) is 2.69. The number of piperidine rings is 1. The van der Waals surface area contributed by atoms with E-state index in [0.717, 1.165) is 68.8 Å². The molecule has 1 aromatic heterocycles. The summed E-state index contributed by atoms with van der Waals surface area (Å²) in [5, 5.41) is 15.3. The molecular formula is C43H55Cl2N3O4. The van der Waals surface area contributed by atoms with Crippen LogP contribution >= 0.6 is 23.2 Å². The lowest BCUT2D eigenvalue weighted by Gasteiger charge is -2.47. The highest BCUT2D eigenvalue weighted by Gasteiger charge is 2.54. The zero-order valence-electron chi connectivity index (χ0n) is 31.1. The van der Waals surface area contributed by atoms with Crippen LogP contribution in [0, 0.1) is 17.8 Å². The van der Waals surface area contributed by atoms with Gasteiger partial charge in [-0.2, -0.15) is 0 Å². The van der Waals surface area contributed by atoms with Crippen molar-refractivity contribution in [3.8, 4) is 11.5 Å². The van der Waals surface area contributed by atoms with Gasteiger partial charge < -0.3 is 24.8 Å². The molecule has 0 unspecified atom stereocenters. The fourth-order valence-corrected chi connectivity index (χ4v) is 10.3. The van der Waals surface area contributed by atoms with Crippen LogP contribution in [0.15, 0.2) is 48.7 Å². The molecule has 2 aromatic carbocycles. The van der Waals surface area contributed by atoms with E-state index in [-0.39, 0.29) is 5.41 Å². The summed E-state index contributed by atoms with van der Waals surface area (Å²) in [6, 6.07) is 13.8. The average molecular weight is 749 g/mol. The second-order valence-corrected chi connectivity index (χ2v) is 17.4. The lowest BCUT2D eigenvalue weighted by Crippen LogP contribution is -2.53. The molecule has 280 valence electrons. The van der Waals surface area contributed by atoms with Gasteiger partial charge in [0, 0.05) is 28.2 Å². The summed E-state index contributed by atoms with van der Waals surface area (Å²) < 4.78 is 13.1. The summed E-state index contributed by atoms with van der Waals surface area (Å²) >= 11 is 13.3. The van der Waals surface area contributed by atoms with Crippen LogP contribution in [0.5, 0.6) is 11.5 Å². The van der Waals surface area contributed by atoms with Gasteiger partial charge in [-0.25, -0.2) is 4.79 Å². The smallest absolute Gasteiger partial charge is 0.329 e. The second-order valence-electron chi connectivity index (χ2n) is 16.5. The number of pyridine rings is 1. The molecule has 0 bridgehead atoms. The third-order valence-electron chi connectivity index (χ3n) is 13.0. The number of carboxylic acid groups (broad SMARTS) is 1. The molecule has 1 aliphatic heterocycles. The lowest BCUT2D eigenvalue weighted by atomic mass is 9.59. The highest BCUT2D eigenvalue weighted by atomic mass is 35.5. The normalized spacial score (nSPS) is 26.8. The van der Waals surface area contributed by atoms with E-state index >= 15 is 0 Å². The number of carboxylic acids is 1. The van der Waals surface area contributed by atoms with Gasteiger partial charge in [-0.3, -0.25) is 4.98 Å². The SMILES string of the molecule is C[C@@H](COc1ccnc2c1[C@H](C)CCC2)C[C@H]1Cc2cc(Cl)c(OCCC3CCN(C)CC3)cc2C12CCC(Nc1cccc(Cl)c1)(C(=O)O)CC2. The van der Waals surface area contributed by atoms with Crippen LogP contribution < -0.4 is 14.8 Å². The number of aryl methyl sites for hydroxylation is 1. The molecule has 0 amide bonds. The van der Waals surface area contributed by atoms with Gasteiger partial charge in [-0.1, -0.05) is 43.1 Å². The van der Waals surface area contributed by atoms with Crippen LogP contribution in [-0.2, 0) is 23.1 Å². The van der Waals surface area contributed by atoms with Crippen LogP contribution in [-0.4, -0.2) is 59.8 Å². The first-order chi connectivity index (χ1) is 25.0. The number of anilines is 1. The van der Waals surface area contributed by atoms with E-state index < -0.39 is 11.5 Å². The Hall–Kier alpha value is -3.00. The van der Waals surface area contributed by atoms with Gasteiger partial charge in [-0.05, 0) is 174 Å². The summed E-state index contributed by atoms with van der Waals surface area (Å²) in [5.41, 5.74) is 4.52. The number of nitrogens with one attached hydrogen (secondary N) is 1. The number of benzene rings is 2. The summed E-state index contributed by atoms with van der Waals surface area (Å²) in [4.78, 5) is 20.1. The Morgan fingerprint density at radius 2 is 1.85 bits per heavy atom. The predicted molar refractivity (Wildman–Crippen MR) is 209 cm³/mol. The molecule has 1 saturated carbocycles. The molecule has 0 radical (unpaired) electrons. The Morgan fingerprint density at radius 1 is 1.06 bits per heavy atom. The zero-order chi connectivity index (χ0) is 36.5. The van der Waals surface area contributed by atoms with Crippen LogP contribution in [0.25, 0.3) is 0 Å². The minimum absolute atomic E-state index is 0.181. The third-order valence-corrected chi connectivity index (χ3v) is 13.5. The first-order valence-corrected chi connectivity index (χ1v) is 20.3. The van der Waals surface area contributed by atoms with E-state index in [0.29, 0.717) is 59.8 Å². The fraction of sp³-hybridized carbons (Fsp3) is 0.581. The summed E-state index contributed by atoms with van der Waals surface area (Å²) in [7, 11) is 2.20. The molecule has 7 nitrogen and oxygen atoms in total. The van der Waals surface area contributed by atoms with Gasteiger partial charge in [0.1, 0.15) is 17.0 Å². The number of hydrogen-bond donors (Lipinski definition) is 2. The fourth-order valence-electron chi connectivity index (χ4n) is 9.90. The van der Waals surface area contributed by atoms with Crippen molar-refractivity contribution in [1.82, 2.24) is 9.88 Å². The summed E-state index contributed by atoms with van der Waals surface area (Å²) in [6.07, 6.45) is 13.1. The number of aromatic nitrogens is 1. The van der Waals surface area contributed by atoms with E-state index in [2.05, 4.69) is 48.2 Å². The van der Waals surface area contributed by atoms with Crippen molar-refractivity contribution in [3.05, 3.63) is 81.1 Å². The molecule has 2 fully saturated rings.